The molecule has 0 saturated heterocycles. The number of fused-ring (bicyclic) bond motifs is 6. The molecule has 10 aromatic rings. The number of hydrogen-bond acceptors (Lipinski definition) is 4. The summed E-state index contributed by atoms with van der Waals surface area (Å²) in [5.41, 5.74) is 1.55. The van der Waals surface area contributed by atoms with E-state index in [4.69, 9.17) is 35.5 Å². The lowest BCUT2D eigenvalue weighted by Gasteiger charge is -2.14. The van der Waals surface area contributed by atoms with E-state index in [1.165, 1.54) is 28.8 Å². The Labute approximate surface area is 313 Å². The molecule has 50 heavy (non-hydrogen) atoms. The fourth-order valence-corrected chi connectivity index (χ4v) is 7.28. The van der Waals surface area contributed by atoms with Gasteiger partial charge in [0.05, 0.1) is 37.3 Å². The quantitative estimate of drug-likeness (QED) is 0.183. The molecule has 0 spiro atoms. The van der Waals surface area contributed by atoms with E-state index in [-0.39, 0.29) is 115 Å². The zero-order valence-electron chi connectivity index (χ0n) is 40.7. The first-order chi connectivity index (χ1) is 31.0. The van der Waals surface area contributed by atoms with Crippen molar-refractivity contribution in [2.75, 3.05) is 0 Å². The van der Waals surface area contributed by atoms with E-state index < -0.39 is 48.3 Å². The van der Waals surface area contributed by atoms with Gasteiger partial charge in [-0.15, -0.1) is 11.3 Å². The van der Waals surface area contributed by atoms with Crippen molar-refractivity contribution in [1.29, 1.82) is 0 Å². The van der Waals surface area contributed by atoms with Crippen molar-refractivity contribution in [2.24, 2.45) is 0 Å². The van der Waals surface area contributed by atoms with E-state index in [1.54, 1.807) is 48.5 Å². The average Bonchev–Trinajstić information content (AvgIpc) is 3.89. The Morgan fingerprint density at radius 3 is 1.94 bits per heavy atom. The van der Waals surface area contributed by atoms with Gasteiger partial charge in [0.2, 0.25) is 0 Å². The fraction of sp³-hybridized carbons (Fsp3) is 0. The molecule has 0 bridgehead atoms. The van der Waals surface area contributed by atoms with Crippen LogP contribution < -0.4 is 0 Å². The van der Waals surface area contributed by atoms with Gasteiger partial charge in [-0.25, -0.2) is 15.0 Å². The van der Waals surface area contributed by atoms with Crippen LogP contribution in [0.2, 0.25) is 0 Å². The normalized spacial score (nSPS) is 15.8. The lowest BCUT2D eigenvalue weighted by molar-refractivity contribution is 1.06. The summed E-state index contributed by atoms with van der Waals surface area (Å²) in [7, 11) is 0. The van der Waals surface area contributed by atoms with E-state index in [9.17, 15) is 0 Å². The zero-order valence-corrected chi connectivity index (χ0v) is 26.5. The molecule has 0 aliphatic rings. The maximum absolute atomic E-state index is 9.16. The lowest BCUT2D eigenvalue weighted by atomic mass is 10.0. The number of nitrogens with zero attached hydrogens (tertiary/aromatic N) is 4. The Kier molecular flexibility index (Phi) is 4.02. The first-order valence-electron chi connectivity index (χ1n) is 23.0. The summed E-state index contributed by atoms with van der Waals surface area (Å²) in [5.74, 6) is 0.170. The Morgan fingerprint density at radius 1 is 0.460 bits per heavy atom. The molecule has 10 rings (SSSR count). The molecular formula is C45H28N4S. The second-order valence-electron chi connectivity index (χ2n) is 11.3. The third-order valence-electron chi connectivity index (χ3n) is 8.40. The Bertz CT molecular complexity index is 3660. The second kappa shape index (κ2) is 11.6. The van der Waals surface area contributed by atoms with Gasteiger partial charge in [-0.2, -0.15) is 0 Å². The van der Waals surface area contributed by atoms with Gasteiger partial charge >= 0.3 is 0 Å². The summed E-state index contributed by atoms with van der Waals surface area (Å²) >= 11 is 1.12. The van der Waals surface area contributed by atoms with Gasteiger partial charge in [0.1, 0.15) is 0 Å². The molecule has 0 amide bonds. The van der Waals surface area contributed by atoms with Gasteiger partial charge in [0, 0.05) is 47.6 Å². The van der Waals surface area contributed by atoms with Crippen molar-refractivity contribution in [3.05, 3.63) is 169 Å². The molecule has 4 nitrogen and oxygen atoms in total. The molecule has 0 unspecified atom stereocenters. The molecule has 0 atom stereocenters. The highest BCUT2D eigenvalue weighted by Crippen LogP contribution is 2.41. The van der Waals surface area contributed by atoms with Crippen molar-refractivity contribution in [3.8, 4) is 51.0 Å². The van der Waals surface area contributed by atoms with Crippen LogP contribution in [0.1, 0.15) is 20.6 Å². The minimum Gasteiger partial charge on any atom is -0.309 e. The van der Waals surface area contributed by atoms with Gasteiger partial charge in [0.15, 0.2) is 17.5 Å². The summed E-state index contributed by atoms with van der Waals surface area (Å²) in [5, 5.41) is 0.211. The number of thiophene rings is 1. The highest BCUT2D eigenvalue weighted by atomic mass is 32.1. The smallest absolute Gasteiger partial charge is 0.166 e. The van der Waals surface area contributed by atoms with Crippen molar-refractivity contribution in [3.63, 3.8) is 0 Å². The van der Waals surface area contributed by atoms with Gasteiger partial charge in [-0.05, 0) is 47.5 Å². The van der Waals surface area contributed by atoms with E-state index in [2.05, 4.69) is 0 Å². The van der Waals surface area contributed by atoms with E-state index in [0.717, 1.165) is 11.3 Å². The largest absolute Gasteiger partial charge is 0.309 e. The Hall–Kier alpha value is -6.43. The van der Waals surface area contributed by atoms with Crippen LogP contribution >= 0.6 is 11.3 Å². The van der Waals surface area contributed by atoms with E-state index >= 15 is 0 Å². The number of para-hydroxylation sites is 3. The molecule has 3 heterocycles. The lowest BCUT2D eigenvalue weighted by Crippen LogP contribution is -2.03. The molecule has 3 aromatic heterocycles. The van der Waals surface area contributed by atoms with Crippen molar-refractivity contribution in [2.45, 2.75) is 0 Å². The van der Waals surface area contributed by atoms with Crippen LogP contribution in [-0.2, 0) is 0 Å². The highest BCUT2D eigenvalue weighted by Gasteiger charge is 2.19. The second-order valence-corrected chi connectivity index (χ2v) is 12.3. The molecule has 0 saturated carbocycles. The van der Waals surface area contributed by atoms with Crippen LogP contribution in [0.5, 0.6) is 0 Å². The zero-order chi connectivity index (χ0) is 46.1. The Morgan fingerprint density at radius 2 is 1.12 bits per heavy atom. The van der Waals surface area contributed by atoms with Crippen LogP contribution in [0.15, 0.2) is 169 Å². The molecule has 0 radical (unpaired) electrons. The molecule has 7 aromatic carbocycles. The monoisotopic (exact) mass is 671 g/mol. The summed E-state index contributed by atoms with van der Waals surface area (Å²) in [6, 6.07) is 15.8. The van der Waals surface area contributed by atoms with Crippen LogP contribution in [0.3, 0.4) is 0 Å². The van der Waals surface area contributed by atoms with Crippen LogP contribution in [-0.4, -0.2) is 19.5 Å². The number of aromatic nitrogens is 4. The Balaban J connectivity index is 1.27. The molecule has 234 valence electrons. The van der Waals surface area contributed by atoms with Gasteiger partial charge in [-0.1, -0.05) is 133 Å². The first kappa shape index (κ1) is 17.3. The maximum atomic E-state index is 9.16. The number of benzene rings is 7. The topological polar surface area (TPSA) is 43.6 Å². The third-order valence-corrected chi connectivity index (χ3v) is 9.55. The predicted octanol–water partition coefficient (Wildman–Crippen LogP) is 12.0. The molecule has 0 fully saturated rings. The number of hydrogen-bond donors (Lipinski definition) is 0. The first-order valence-corrected chi connectivity index (χ1v) is 16.3. The molecule has 0 aliphatic carbocycles. The SMILES string of the molecule is [2H]c1cc([2H])c(-c2cc([2H])c([2H])c3c2sc2c([2H])cc([2H])c([2H])c23)cc1-c1nc(-c2ccccc2)nc(-c2ccccc2-n2c3c([2H])c([2H])c([2H])c([2H])c3c3c([2H])c([2H])c([2H])c([2H])c32)n1. The van der Waals surface area contributed by atoms with E-state index in [0.29, 0.717) is 20.5 Å². The van der Waals surface area contributed by atoms with Crippen molar-refractivity contribution in [1.82, 2.24) is 19.5 Å². The van der Waals surface area contributed by atoms with Crippen molar-refractivity contribution >= 4 is 53.3 Å². The standard InChI is InChI=1S/C45H28N4S/c1-2-14-29(15-3-1)43-46-44(31-17-12-16-30(28-31)32-22-13-23-36-35-20-7-11-27-41(35)50-42(32)36)48-45(47-43)37-21-6-10-26-40(37)49-38-24-8-4-18-33(38)34-19-5-9-25-39(34)49/h1-28H/i4D,5D,7D,8D,9D,13D,16D,17D,18D,19D,20D,23D,24D,25D,27D. The van der Waals surface area contributed by atoms with Crippen LogP contribution in [0.25, 0.3) is 93.0 Å². The summed E-state index contributed by atoms with van der Waals surface area (Å²) in [4.78, 5) is 14.6. The minimum atomic E-state index is -0.576. The van der Waals surface area contributed by atoms with Crippen LogP contribution in [0.4, 0.5) is 0 Å². The summed E-state index contributed by atoms with van der Waals surface area (Å²) in [6.07, 6.45) is 0. The van der Waals surface area contributed by atoms with Gasteiger partial charge < -0.3 is 4.57 Å². The predicted molar refractivity (Wildman–Crippen MR) is 209 cm³/mol. The third kappa shape index (κ3) is 4.63. The minimum absolute atomic E-state index is 0.0135. The average molecular weight is 672 g/mol. The number of rotatable bonds is 5. The fourth-order valence-electron chi connectivity index (χ4n) is 6.17. The van der Waals surface area contributed by atoms with E-state index in [1.807, 2.05) is 6.07 Å². The van der Waals surface area contributed by atoms with Gasteiger partial charge in [0.25, 0.3) is 0 Å². The highest BCUT2D eigenvalue weighted by molar-refractivity contribution is 7.26. The molecule has 0 aliphatic heterocycles. The maximum Gasteiger partial charge on any atom is 0.166 e. The van der Waals surface area contributed by atoms with Gasteiger partial charge in [-0.3, -0.25) is 0 Å². The van der Waals surface area contributed by atoms with Crippen molar-refractivity contribution < 1.29 is 20.6 Å². The molecule has 0 N–H and O–H groups in total. The van der Waals surface area contributed by atoms with Crippen LogP contribution in [0, 0.1) is 0 Å². The summed E-state index contributed by atoms with van der Waals surface area (Å²) in [6.45, 7) is 0. The summed E-state index contributed by atoms with van der Waals surface area (Å²) < 4.78 is 134. The molecule has 5 heteroatoms. The molecular weight excluding hydrogens is 629 g/mol.